The minimum absolute atomic E-state index is 0.00463. The number of ether oxygens (including phenoxy) is 1. The molecule has 0 spiro atoms. The maximum Gasteiger partial charge on any atom is 0.243 e. The van der Waals surface area contributed by atoms with Crippen LogP contribution in [0, 0.1) is 53.7 Å². The minimum Gasteiger partial charge on any atom is -0.457 e. The van der Waals surface area contributed by atoms with Gasteiger partial charge in [0.1, 0.15) is 16.4 Å². The molecule has 0 fully saturated rings. The number of benzene rings is 7. The molecule has 0 radical (unpaired) electrons. The summed E-state index contributed by atoms with van der Waals surface area (Å²) in [4.78, 5) is -0.233. The zero-order valence-corrected chi connectivity index (χ0v) is 76.5. The number of nitrogens with zero attached hydrogens (tertiary/aromatic N) is 3. The fourth-order valence-corrected chi connectivity index (χ4v) is 19.9. The van der Waals surface area contributed by atoms with E-state index in [0.717, 1.165) is 17.4 Å². The smallest absolute Gasteiger partial charge is 0.243 e. The summed E-state index contributed by atoms with van der Waals surface area (Å²) in [7, 11) is -26.8. The number of hydrogen-bond donors (Lipinski definition) is 8. The van der Waals surface area contributed by atoms with Gasteiger partial charge in [-0.3, -0.25) is 0 Å². The molecule has 0 aromatic heterocycles. The molecule has 0 heterocycles. The van der Waals surface area contributed by atoms with Crippen LogP contribution in [-0.4, -0.2) is 128 Å². The maximum atomic E-state index is 13.4. The van der Waals surface area contributed by atoms with Crippen molar-refractivity contribution < 1.29 is 76.5 Å². The van der Waals surface area contributed by atoms with Crippen molar-refractivity contribution >= 4 is 103 Å². The molecular weight excluding hydrogens is 1700 g/mol. The molecule has 7 aromatic rings. The van der Waals surface area contributed by atoms with Gasteiger partial charge in [-0.15, -0.1) is 0 Å². The SMILES string of the molecule is CC(C)NS(=O)(=O)CC#N.CC(C)NS(=O)(=O)Cc1cccc(C#N)c1.CC(C)NS(=O)(=O)Cc1ccccc1C#N.CC(C)NS(=O)(=O)Cc1ccccc1Cl.CC(C)NS(=O)(=O)c1cccc(Cl)c1F.CC(C)NS(=O)(=O)c1cccc(Oc2ccccc2)c1.CC(C)NS(C)(=O)=O.Cc1ccc(CS(=O)(=O)NC(C)C)cc1C. The highest BCUT2D eigenvalue weighted by Crippen LogP contribution is 2.25. The van der Waals surface area contributed by atoms with Gasteiger partial charge in [-0.25, -0.2) is 110 Å². The number of nitrogens with one attached hydrogen (secondary N) is 8. The lowest BCUT2D eigenvalue weighted by Crippen LogP contribution is -2.31. The molecule has 0 saturated heterocycles. The van der Waals surface area contributed by atoms with Crippen LogP contribution in [0.25, 0.3) is 0 Å². The molecule has 0 aliphatic carbocycles. The first-order valence-electron chi connectivity index (χ1n) is 35.7. The Morgan fingerprint density at radius 1 is 0.371 bits per heavy atom. The van der Waals surface area contributed by atoms with E-state index in [9.17, 15) is 71.7 Å². The Balaban J connectivity index is 0.00000132. The maximum absolute atomic E-state index is 13.4. The van der Waals surface area contributed by atoms with Gasteiger partial charge in [0.2, 0.25) is 80.2 Å². The number of para-hydroxylation sites is 1. The fourth-order valence-electron chi connectivity index (χ4n) is 9.13. The predicted octanol–water partition coefficient (Wildman–Crippen LogP) is 12.2. The Morgan fingerprint density at radius 2 is 0.767 bits per heavy atom. The summed E-state index contributed by atoms with van der Waals surface area (Å²) in [6.45, 7) is 32.1. The quantitative estimate of drug-likeness (QED) is 0.0216. The van der Waals surface area contributed by atoms with Gasteiger partial charge in [0.05, 0.1) is 68.5 Å². The van der Waals surface area contributed by atoms with Crippen molar-refractivity contribution in [3.8, 4) is 29.7 Å². The average Bonchev–Trinajstić information content (AvgIpc) is 0.815. The van der Waals surface area contributed by atoms with Gasteiger partial charge in [-0.2, -0.15) is 15.8 Å². The van der Waals surface area contributed by atoms with Crippen LogP contribution in [0.3, 0.4) is 0 Å². The van der Waals surface area contributed by atoms with Crippen LogP contribution in [0.4, 0.5) is 4.39 Å². The van der Waals surface area contributed by atoms with E-state index < -0.39 is 96.7 Å². The molecule has 0 unspecified atom stereocenters. The van der Waals surface area contributed by atoms with Crippen molar-refractivity contribution in [1.29, 1.82) is 15.8 Å². The van der Waals surface area contributed by atoms with Gasteiger partial charge in [-0.05, 0) is 219 Å². The van der Waals surface area contributed by atoms with E-state index in [4.69, 9.17) is 43.7 Å². The zero-order valence-electron chi connectivity index (χ0n) is 68.4. The lowest BCUT2D eigenvalue weighted by molar-refractivity contribution is 0.480. The summed E-state index contributed by atoms with van der Waals surface area (Å²) < 4.78 is 221. The molecule has 7 rings (SSSR count). The normalized spacial score (nSPS) is 11.8. The van der Waals surface area contributed by atoms with E-state index in [-0.39, 0.29) is 81.3 Å². The molecule has 8 N–H and O–H groups in total. The average molecular weight is 1810 g/mol. The Hall–Kier alpha value is -7.40. The Kier molecular flexibility index (Phi) is 48.5. The third-order valence-electron chi connectivity index (χ3n) is 13.0. The standard InChI is InChI=1S/C15H17NO3S.C12H19NO2S.2C11H14N2O2S.C10H14ClNO2S.C9H11ClFNO2S.C5H10N2O2S.C4H11NO2S/c1-12(2)16-20(17,18)15-10-6-9-14(11-15)19-13-7-4-3-5-8-13;1-9(2)13-16(14,15)8-12-6-5-10(3)11(4)7-12;1-9(2)13-16(14,15)8-11-5-3-4-10(6-11)7-12;1-9(2)13-16(14,15)8-11-6-4-3-5-10(11)7-12;1-8(2)12-15(13,14)7-9-5-3-4-6-10(9)11;1-6(2)12-15(13,14)8-5-3-4-7(10)9(8)11;1-5(2)7-10(8,9)4-3-6;1-4(2)5-8(3,6)7/h3-12,16H,1-2H3;5-7,9,13H,8H2,1-4H3;2*3-6,9,13H,8H2,1-2H3;3-6,8,12H,7H2,1-2H3;3-6,12H,1-2H3;5,7H,4H2,1-2H3;4-5H,1-3H3. The summed E-state index contributed by atoms with van der Waals surface area (Å²) in [6.07, 6.45) is 1.15. The van der Waals surface area contributed by atoms with Crippen molar-refractivity contribution in [2.45, 2.75) is 206 Å². The molecule has 0 bridgehead atoms. The van der Waals surface area contributed by atoms with Crippen molar-refractivity contribution in [2.24, 2.45) is 0 Å². The highest BCUT2D eigenvalue weighted by molar-refractivity contribution is 7.91. The fraction of sp³-hybridized carbons (Fsp3) is 0.416. The molecule has 0 atom stereocenters. The van der Waals surface area contributed by atoms with Crippen molar-refractivity contribution in [1.82, 2.24) is 37.8 Å². The van der Waals surface area contributed by atoms with Gasteiger partial charge in [0.25, 0.3) is 0 Å². The molecule has 0 saturated carbocycles. The van der Waals surface area contributed by atoms with Crippen LogP contribution >= 0.6 is 23.2 Å². The third kappa shape index (κ3) is 50.4. The molecule has 0 aliphatic rings. The van der Waals surface area contributed by atoms with Gasteiger partial charge >= 0.3 is 0 Å². The van der Waals surface area contributed by atoms with Crippen LogP contribution in [0.1, 0.15) is 155 Å². The molecular formula is C77H110Cl2FN11O17S8. The van der Waals surface area contributed by atoms with E-state index in [0.29, 0.717) is 44.3 Å². The first-order chi connectivity index (χ1) is 53.3. The van der Waals surface area contributed by atoms with Crippen LogP contribution < -0.4 is 42.5 Å². The topological polar surface area (TPSA) is 450 Å². The summed E-state index contributed by atoms with van der Waals surface area (Å²) in [6, 6.07) is 50.0. The number of sulfonamides is 8. The van der Waals surface area contributed by atoms with E-state index in [1.54, 1.807) is 194 Å². The zero-order chi connectivity index (χ0) is 89.4. The van der Waals surface area contributed by atoms with Gasteiger partial charge in [-0.1, -0.05) is 120 Å². The minimum atomic E-state index is -3.82. The summed E-state index contributed by atoms with van der Waals surface area (Å²) in [5.41, 5.74) is 5.76. The monoisotopic (exact) mass is 1810 g/mol. The molecule has 644 valence electrons. The number of halogens is 3. The number of rotatable bonds is 29. The molecule has 39 heteroatoms. The lowest BCUT2D eigenvalue weighted by atomic mass is 10.1. The first-order valence-corrected chi connectivity index (χ1v) is 49.6. The lowest BCUT2D eigenvalue weighted by Gasteiger charge is -2.11. The number of hydrogen-bond acceptors (Lipinski definition) is 20. The van der Waals surface area contributed by atoms with Crippen molar-refractivity contribution in [3.05, 3.63) is 224 Å². The Bertz CT molecular complexity index is 5340. The second-order valence-electron chi connectivity index (χ2n) is 27.9. The number of nitriles is 3. The van der Waals surface area contributed by atoms with E-state index in [2.05, 4.69) is 37.8 Å². The Morgan fingerprint density at radius 3 is 1.21 bits per heavy atom. The summed E-state index contributed by atoms with van der Waals surface area (Å²) >= 11 is 11.4. The van der Waals surface area contributed by atoms with Gasteiger partial charge < -0.3 is 4.74 Å². The largest absolute Gasteiger partial charge is 0.457 e. The Labute approximate surface area is 699 Å². The highest BCUT2D eigenvalue weighted by atomic mass is 35.5. The van der Waals surface area contributed by atoms with Crippen LogP contribution in [0.15, 0.2) is 174 Å². The highest BCUT2D eigenvalue weighted by Gasteiger charge is 2.23. The second kappa shape index (κ2) is 51.8. The number of aryl methyl sites for hydroxylation is 2. The second-order valence-corrected chi connectivity index (χ2v) is 42.7. The predicted molar refractivity (Wildman–Crippen MR) is 459 cm³/mol. The van der Waals surface area contributed by atoms with Crippen molar-refractivity contribution in [3.63, 3.8) is 0 Å². The molecule has 116 heavy (non-hydrogen) atoms. The van der Waals surface area contributed by atoms with Gasteiger partial charge in [0.15, 0.2) is 11.6 Å². The van der Waals surface area contributed by atoms with Crippen LogP contribution in [0.2, 0.25) is 10.0 Å². The first kappa shape index (κ1) is 109. The summed E-state index contributed by atoms with van der Waals surface area (Å²) in [5, 5.41) is 25.8. The van der Waals surface area contributed by atoms with E-state index in [1.165, 1.54) is 29.8 Å². The van der Waals surface area contributed by atoms with Crippen LogP contribution in [0.5, 0.6) is 11.5 Å². The van der Waals surface area contributed by atoms with Crippen LogP contribution in [-0.2, 0) is 103 Å². The van der Waals surface area contributed by atoms with Crippen molar-refractivity contribution in [2.75, 3.05) is 12.0 Å². The van der Waals surface area contributed by atoms with E-state index in [1.807, 2.05) is 88.4 Å². The molecule has 28 nitrogen and oxygen atoms in total. The molecule has 0 aliphatic heterocycles. The molecule has 7 aromatic carbocycles. The molecule has 0 amide bonds. The third-order valence-corrected chi connectivity index (χ3v) is 25.4. The van der Waals surface area contributed by atoms with E-state index >= 15 is 0 Å². The van der Waals surface area contributed by atoms with Gasteiger partial charge in [0, 0.05) is 59.4 Å². The summed E-state index contributed by atoms with van der Waals surface area (Å²) in [5.74, 6) is -0.521.